The predicted molar refractivity (Wildman–Crippen MR) is 87.0 cm³/mol. The SMILES string of the molecule is O=C(O)c1cc(NC2CCCc3sc(Cl)cc32)ccc1Cl. The number of aryl methyl sites for hydroxylation is 1. The van der Waals surface area contributed by atoms with Crippen molar-refractivity contribution < 1.29 is 9.90 Å². The topological polar surface area (TPSA) is 49.3 Å². The van der Waals surface area contributed by atoms with Crippen molar-refractivity contribution >= 4 is 46.2 Å². The summed E-state index contributed by atoms with van der Waals surface area (Å²) in [6.07, 6.45) is 3.16. The molecule has 0 aliphatic heterocycles. The number of aromatic carboxylic acids is 1. The van der Waals surface area contributed by atoms with Crippen molar-refractivity contribution in [2.24, 2.45) is 0 Å². The Morgan fingerprint density at radius 1 is 1.33 bits per heavy atom. The molecule has 2 aromatic rings. The molecule has 1 aromatic carbocycles. The fraction of sp³-hybridized carbons (Fsp3) is 0.267. The van der Waals surface area contributed by atoms with Crippen LogP contribution < -0.4 is 5.32 Å². The van der Waals surface area contributed by atoms with Gasteiger partial charge in [-0.1, -0.05) is 23.2 Å². The van der Waals surface area contributed by atoms with Crippen molar-refractivity contribution in [1.82, 2.24) is 0 Å². The molecule has 1 aliphatic carbocycles. The van der Waals surface area contributed by atoms with Gasteiger partial charge in [0.25, 0.3) is 0 Å². The normalized spacial score (nSPS) is 17.3. The molecule has 0 fully saturated rings. The van der Waals surface area contributed by atoms with Gasteiger partial charge in [0.1, 0.15) is 0 Å². The summed E-state index contributed by atoms with van der Waals surface area (Å²) in [5.41, 5.74) is 2.10. The number of carboxylic acid groups (broad SMARTS) is 1. The lowest BCUT2D eigenvalue weighted by atomic mass is 9.94. The Morgan fingerprint density at radius 2 is 2.14 bits per heavy atom. The zero-order valence-electron chi connectivity index (χ0n) is 11.0. The van der Waals surface area contributed by atoms with Gasteiger partial charge in [0.15, 0.2) is 0 Å². The Hall–Kier alpha value is -1.23. The van der Waals surface area contributed by atoms with Crippen molar-refractivity contribution in [3.63, 3.8) is 0 Å². The quantitative estimate of drug-likeness (QED) is 0.802. The van der Waals surface area contributed by atoms with E-state index in [0.29, 0.717) is 0 Å². The van der Waals surface area contributed by atoms with Crippen molar-refractivity contribution in [2.75, 3.05) is 5.32 Å². The number of hydrogen-bond acceptors (Lipinski definition) is 3. The van der Waals surface area contributed by atoms with Crippen LogP contribution in [0, 0.1) is 0 Å². The molecule has 0 radical (unpaired) electrons. The van der Waals surface area contributed by atoms with Crippen LogP contribution in [-0.2, 0) is 6.42 Å². The van der Waals surface area contributed by atoms with Crippen molar-refractivity contribution in [3.8, 4) is 0 Å². The van der Waals surface area contributed by atoms with Gasteiger partial charge >= 0.3 is 5.97 Å². The molecule has 0 bridgehead atoms. The number of anilines is 1. The van der Waals surface area contributed by atoms with Gasteiger partial charge in [-0.15, -0.1) is 11.3 Å². The largest absolute Gasteiger partial charge is 0.478 e. The van der Waals surface area contributed by atoms with E-state index in [1.807, 2.05) is 6.07 Å². The maximum Gasteiger partial charge on any atom is 0.337 e. The molecule has 1 unspecified atom stereocenters. The molecule has 110 valence electrons. The lowest BCUT2D eigenvalue weighted by molar-refractivity contribution is 0.0697. The zero-order chi connectivity index (χ0) is 15.0. The highest BCUT2D eigenvalue weighted by Crippen LogP contribution is 2.39. The van der Waals surface area contributed by atoms with Crippen LogP contribution in [0.15, 0.2) is 24.3 Å². The van der Waals surface area contributed by atoms with E-state index in [1.54, 1.807) is 29.5 Å². The maximum atomic E-state index is 11.1. The summed E-state index contributed by atoms with van der Waals surface area (Å²) >= 11 is 13.6. The minimum atomic E-state index is -1.02. The molecule has 6 heteroatoms. The molecule has 1 aliphatic rings. The van der Waals surface area contributed by atoms with Crippen LogP contribution >= 0.6 is 34.5 Å². The smallest absolute Gasteiger partial charge is 0.337 e. The predicted octanol–water partition coefficient (Wildman–Crippen LogP) is 5.24. The van der Waals surface area contributed by atoms with Gasteiger partial charge < -0.3 is 10.4 Å². The third-order valence-electron chi connectivity index (χ3n) is 3.62. The van der Waals surface area contributed by atoms with E-state index < -0.39 is 5.97 Å². The molecule has 0 amide bonds. The molecule has 2 N–H and O–H groups in total. The monoisotopic (exact) mass is 341 g/mol. The third kappa shape index (κ3) is 3.03. The summed E-state index contributed by atoms with van der Waals surface area (Å²) in [5, 5.41) is 12.8. The number of hydrogen-bond donors (Lipinski definition) is 2. The van der Waals surface area contributed by atoms with Crippen LogP contribution in [0.5, 0.6) is 0 Å². The van der Waals surface area contributed by atoms with Crippen LogP contribution in [0.2, 0.25) is 9.36 Å². The molecular formula is C15H13Cl2NO2S. The first-order valence-corrected chi connectivity index (χ1v) is 8.19. The third-order valence-corrected chi connectivity index (χ3v) is 5.29. The van der Waals surface area contributed by atoms with Crippen molar-refractivity contribution in [3.05, 3.63) is 49.6 Å². The lowest BCUT2D eigenvalue weighted by Gasteiger charge is -2.24. The number of thiophene rings is 1. The molecule has 1 aromatic heterocycles. The van der Waals surface area contributed by atoms with Crippen LogP contribution in [0.1, 0.15) is 39.7 Å². The summed E-state index contributed by atoms with van der Waals surface area (Å²) < 4.78 is 0.802. The number of carbonyl (C=O) groups is 1. The van der Waals surface area contributed by atoms with Gasteiger partial charge in [-0.3, -0.25) is 0 Å². The molecule has 1 atom stereocenters. The highest BCUT2D eigenvalue weighted by atomic mass is 35.5. The van der Waals surface area contributed by atoms with Crippen LogP contribution in [0.4, 0.5) is 5.69 Å². The van der Waals surface area contributed by atoms with Gasteiger partial charge in [0, 0.05) is 10.6 Å². The van der Waals surface area contributed by atoms with Gasteiger partial charge in [0.2, 0.25) is 0 Å². The minimum Gasteiger partial charge on any atom is -0.478 e. The van der Waals surface area contributed by atoms with Gasteiger partial charge in [-0.05, 0) is 49.1 Å². The Kier molecular flexibility index (Phi) is 4.11. The molecule has 3 rings (SSSR count). The van der Waals surface area contributed by atoms with Crippen LogP contribution in [0.3, 0.4) is 0 Å². The summed E-state index contributed by atoms with van der Waals surface area (Å²) in [7, 11) is 0. The van der Waals surface area contributed by atoms with E-state index in [4.69, 9.17) is 28.3 Å². The highest BCUT2D eigenvalue weighted by molar-refractivity contribution is 7.16. The van der Waals surface area contributed by atoms with E-state index in [0.717, 1.165) is 29.3 Å². The number of halogens is 2. The summed E-state index contributed by atoms with van der Waals surface area (Å²) in [4.78, 5) is 12.5. The number of carboxylic acids is 1. The molecule has 0 saturated heterocycles. The maximum absolute atomic E-state index is 11.1. The van der Waals surface area contributed by atoms with Crippen molar-refractivity contribution in [2.45, 2.75) is 25.3 Å². The first kappa shape index (κ1) is 14.7. The average molecular weight is 342 g/mol. The minimum absolute atomic E-state index is 0.112. The second kappa shape index (κ2) is 5.87. The van der Waals surface area contributed by atoms with E-state index in [1.165, 1.54) is 10.4 Å². The van der Waals surface area contributed by atoms with Crippen LogP contribution in [-0.4, -0.2) is 11.1 Å². The number of rotatable bonds is 3. The fourth-order valence-corrected chi connectivity index (χ4v) is 4.23. The Morgan fingerprint density at radius 3 is 2.90 bits per heavy atom. The van der Waals surface area contributed by atoms with Crippen LogP contribution in [0.25, 0.3) is 0 Å². The number of benzene rings is 1. The van der Waals surface area contributed by atoms with E-state index in [-0.39, 0.29) is 16.6 Å². The second-order valence-electron chi connectivity index (χ2n) is 5.02. The van der Waals surface area contributed by atoms with Gasteiger partial charge in [0.05, 0.1) is 21.0 Å². The Balaban J connectivity index is 1.88. The molecule has 0 saturated carbocycles. The highest BCUT2D eigenvalue weighted by Gasteiger charge is 2.23. The standard InChI is InChI=1S/C15H13Cl2NO2S/c16-11-5-4-8(6-9(11)15(19)20)18-12-2-1-3-13-10(12)7-14(17)21-13/h4-7,12,18H,1-3H2,(H,19,20). The Bertz CT molecular complexity index is 699. The number of fused-ring (bicyclic) bond motifs is 1. The Labute approximate surface area is 136 Å². The summed E-state index contributed by atoms with van der Waals surface area (Å²) in [5.74, 6) is -1.02. The summed E-state index contributed by atoms with van der Waals surface area (Å²) in [6, 6.07) is 7.16. The summed E-state index contributed by atoms with van der Waals surface area (Å²) in [6.45, 7) is 0. The van der Waals surface area contributed by atoms with Gasteiger partial charge in [-0.25, -0.2) is 4.79 Å². The van der Waals surface area contributed by atoms with Gasteiger partial charge in [-0.2, -0.15) is 0 Å². The van der Waals surface area contributed by atoms with E-state index in [2.05, 4.69) is 5.32 Å². The first-order chi connectivity index (χ1) is 10.0. The molecular weight excluding hydrogens is 329 g/mol. The average Bonchev–Trinajstić information content (AvgIpc) is 2.82. The van der Waals surface area contributed by atoms with Crippen molar-refractivity contribution in [1.29, 1.82) is 0 Å². The fourth-order valence-electron chi connectivity index (χ4n) is 2.65. The molecule has 3 nitrogen and oxygen atoms in total. The number of nitrogens with one attached hydrogen (secondary N) is 1. The molecule has 21 heavy (non-hydrogen) atoms. The molecule has 0 spiro atoms. The lowest BCUT2D eigenvalue weighted by Crippen LogP contribution is -2.16. The van der Waals surface area contributed by atoms with E-state index >= 15 is 0 Å². The van der Waals surface area contributed by atoms with E-state index in [9.17, 15) is 4.79 Å². The zero-order valence-corrected chi connectivity index (χ0v) is 13.4. The first-order valence-electron chi connectivity index (χ1n) is 6.62. The second-order valence-corrected chi connectivity index (χ2v) is 7.19. The molecule has 1 heterocycles.